The topological polar surface area (TPSA) is 42.0 Å². The van der Waals surface area contributed by atoms with Crippen LogP contribution in [0.3, 0.4) is 0 Å². The molecule has 0 unspecified atom stereocenters. The zero-order valence-electron chi connectivity index (χ0n) is 11.9. The van der Waals surface area contributed by atoms with Crippen molar-refractivity contribution in [3.63, 3.8) is 0 Å². The predicted octanol–water partition coefficient (Wildman–Crippen LogP) is 0.202. The van der Waals surface area contributed by atoms with Crippen molar-refractivity contribution in [3.8, 4) is 0 Å². The van der Waals surface area contributed by atoms with Crippen molar-refractivity contribution in [2.45, 2.75) is 18.9 Å². The van der Waals surface area contributed by atoms with E-state index in [9.17, 15) is 4.79 Å². The molecule has 5 heteroatoms. The number of carbonyl (C=O) groups is 1. The smallest absolute Gasteiger partial charge is 0.232 e. The summed E-state index contributed by atoms with van der Waals surface area (Å²) in [7, 11) is 3.70. The number of nitrogens with zero attached hydrogens (tertiary/aromatic N) is 2. The summed E-state index contributed by atoms with van der Waals surface area (Å²) in [6.45, 7) is 4.91. The molecule has 3 aliphatic heterocycles. The normalized spacial score (nSPS) is 36.4. The van der Waals surface area contributed by atoms with Crippen molar-refractivity contribution in [1.29, 1.82) is 0 Å². The standard InChI is InChI=1S/C14H24N2O3/c1-15(2)13(17)14-9-16(7-11(14)8-19-10-14)12-3-5-18-6-4-12/h11-12H,3-10H2,1-2H3/t11-,14-/m1/s1. The Morgan fingerprint density at radius 2 is 2.00 bits per heavy atom. The van der Waals surface area contributed by atoms with Crippen molar-refractivity contribution in [2.75, 3.05) is 53.6 Å². The maximum absolute atomic E-state index is 12.6. The van der Waals surface area contributed by atoms with Gasteiger partial charge in [0.2, 0.25) is 5.91 Å². The van der Waals surface area contributed by atoms with Crippen LogP contribution in [0.15, 0.2) is 0 Å². The summed E-state index contributed by atoms with van der Waals surface area (Å²) >= 11 is 0. The largest absolute Gasteiger partial charge is 0.381 e. The van der Waals surface area contributed by atoms with Gasteiger partial charge in [-0.1, -0.05) is 0 Å². The fourth-order valence-electron chi connectivity index (χ4n) is 3.85. The molecule has 108 valence electrons. The van der Waals surface area contributed by atoms with Crippen LogP contribution in [0, 0.1) is 11.3 Å². The lowest BCUT2D eigenvalue weighted by Gasteiger charge is -2.33. The zero-order chi connectivity index (χ0) is 13.5. The van der Waals surface area contributed by atoms with Gasteiger partial charge in [-0.2, -0.15) is 0 Å². The Morgan fingerprint density at radius 3 is 2.68 bits per heavy atom. The number of fused-ring (bicyclic) bond motifs is 1. The quantitative estimate of drug-likeness (QED) is 0.717. The van der Waals surface area contributed by atoms with E-state index in [0.717, 1.165) is 45.8 Å². The zero-order valence-corrected chi connectivity index (χ0v) is 11.9. The molecule has 5 nitrogen and oxygen atoms in total. The summed E-state index contributed by atoms with van der Waals surface area (Å²) < 4.78 is 11.1. The molecule has 0 radical (unpaired) electrons. The first kappa shape index (κ1) is 13.3. The minimum atomic E-state index is -0.290. The molecule has 3 aliphatic rings. The highest BCUT2D eigenvalue weighted by atomic mass is 16.5. The van der Waals surface area contributed by atoms with E-state index in [4.69, 9.17) is 9.47 Å². The summed E-state index contributed by atoms with van der Waals surface area (Å²) in [5.74, 6) is 0.606. The highest BCUT2D eigenvalue weighted by Crippen LogP contribution is 2.43. The van der Waals surface area contributed by atoms with E-state index in [1.165, 1.54) is 0 Å². The fraction of sp³-hybridized carbons (Fsp3) is 0.929. The Balaban J connectivity index is 1.75. The number of ether oxygens (including phenoxy) is 2. The van der Waals surface area contributed by atoms with Crippen LogP contribution in [0.5, 0.6) is 0 Å². The number of hydrogen-bond donors (Lipinski definition) is 0. The van der Waals surface area contributed by atoms with E-state index in [2.05, 4.69) is 4.90 Å². The molecule has 0 aromatic carbocycles. The number of likely N-dealkylation sites (tertiary alicyclic amines) is 1. The van der Waals surface area contributed by atoms with Crippen LogP contribution >= 0.6 is 0 Å². The maximum atomic E-state index is 12.6. The molecular formula is C14H24N2O3. The average molecular weight is 268 g/mol. The van der Waals surface area contributed by atoms with Crippen LogP contribution in [-0.4, -0.2) is 75.4 Å². The first-order chi connectivity index (χ1) is 9.13. The summed E-state index contributed by atoms with van der Waals surface area (Å²) in [6.07, 6.45) is 2.19. The first-order valence-electron chi connectivity index (χ1n) is 7.25. The van der Waals surface area contributed by atoms with Crippen LogP contribution in [0.25, 0.3) is 0 Å². The third-order valence-corrected chi connectivity index (χ3v) is 4.94. The van der Waals surface area contributed by atoms with Gasteiger partial charge < -0.3 is 14.4 Å². The predicted molar refractivity (Wildman–Crippen MR) is 70.9 cm³/mol. The average Bonchev–Trinajstić information content (AvgIpc) is 2.96. The Hall–Kier alpha value is -0.650. The molecular weight excluding hydrogens is 244 g/mol. The minimum Gasteiger partial charge on any atom is -0.381 e. The Morgan fingerprint density at radius 1 is 1.26 bits per heavy atom. The van der Waals surface area contributed by atoms with Gasteiger partial charge in [0.1, 0.15) is 0 Å². The van der Waals surface area contributed by atoms with Gasteiger partial charge in [0.25, 0.3) is 0 Å². The van der Waals surface area contributed by atoms with Crippen LogP contribution in [0.4, 0.5) is 0 Å². The summed E-state index contributed by atoms with van der Waals surface area (Å²) in [5.41, 5.74) is -0.290. The monoisotopic (exact) mass is 268 g/mol. The van der Waals surface area contributed by atoms with Gasteiger partial charge in [-0.05, 0) is 12.8 Å². The van der Waals surface area contributed by atoms with Crippen LogP contribution in [-0.2, 0) is 14.3 Å². The van der Waals surface area contributed by atoms with E-state index in [1.54, 1.807) is 4.90 Å². The molecule has 0 aromatic heterocycles. The Kier molecular flexibility index (Phi) is 3.53. The van der Waals surface area contributed by atoms with Crippen LogP contribution in [0.1, 0.15) is 12.8 Å². The molecule has 0 spiro atoms. The van der Waals surface area contributed by atoms with E-state index in [-0.39, 0.29) is 11.3 Å². The van der Waals surface area contributed by atoms with E-state index >= 15 is 0 Å². The van der Waals surface area contributed by atoms with Crippen LogP contribution < -0.4 is 0 Å². The molecule has 0 aromatic rings. The Labute approximate surface area is 114 Å². The van der Waals surface area contributed by atoms with Gasteiger partial charge in [0, 0.05) is 52.4 Å². The highest BCUT2D eigenvalue weighted by molar-refractivity contribution is 5.84. The fourth-order valence-corrected chi connectivity index (χ4v) is 3.85. The molecule has 0 aliphatic carbocycles. The van der Waals surface area contributed by atoms with Gasteiger partial charge in [-0.15, -0.1) is 0 Å². The van der Waals surface area contributed by atoms with Gasteiger partial charge >= 0.3 is 0 Å². The number of amides is 1. The van der Waals surface area contributed by atoms with Crippen molar-refractivity contribution >= 4 is 5.91 Å². The summed E-state index contributed by atoms with van der Waals surface area (Å²) in [6, 6.07) is 0.589. The van der Waals surface area contributed by atoms with E-state index < -0.39 is 0 Å². The molecule has 3 saturated heterocycles. The SMILES string of the molecule is CN(C)C(=O)[C@]12COC[C@H]1CN(C1CCOCC1)C2. The van der Waals surface area contributed by atoms with Gasteiger partial charge in [-0.25, -0.2) is 0 Å². The second-order valence-corrected chi connectivity index (χ2v) is 6.34. The number of carbonyl (C=O) groups excluding carboxylic acids is 1. The van der Waals surface area contributed by atoms with Crippen molar-refractivity contribution in [2.24, 2.45) is 11.3 Å². The second kappa shape index (κ2) is 5.04. The lowest BCUT2D eigenvalue weighted by Crippen LogP contribution is -2.47. The number of hydrogen-bond acceptors (Lipinski definition) is 4. The molecule has 3 fully saturated rings. The molecule has 1 amide bonds. The second-order valence-electron chi connectivity index (χ2n) is 6.34. The van der Waals surface area contributed by atoms with E-state index in [0.29, 0.717) is 18.6 Å². The molecule has 3 rings (SSSR count). The third kappa shape index (κ3) is 2.18. The summed E-state index contributed by atoms with van der Waals surface area (Å²) in [5, 5.41) is 0. The minimum absolute atomic E-state index is 0.240. The molecule has 3 heterocycles. The van der Waals surface area contributed by atoms with Gasteiger partial charge in [0.05, 0.1) is 18.6 Å². The van der Waals surface area contributed by atoms with Crippen molar-refractivity contribution < 1.29 is 14.3 Å². The summed E-state index contributed by atoms with van der Waals surface area (Å²) in [4.78, 5) is 16.8. The van der Waals surface area contributed by atoms with Crippen LogP contribution in [0.2, 0.25) is 0 Å². The van der Waals surface area contributed by atoms with Gasteiger partial charge in [-0.3, -0.25) is 9.69 Å². The van der Waals surface area contributed by atoms with Gasteiger partial charge in [0.15, 0.2) is 0 Å². The van der Waals surface area contributed by atoms with Crippen molar-refractivity contribution in [1.82, 2.24) is 9.80 Å². The molecule has 2 atom stereocenters. The third-order valence-electron chi connectivity index (χ3n) is 4.94. The van der Waals surface area contributed by atoms with E-state index in [1.807, 2.05) is 14.1 Å². The molecule has 0 saturated carbocycles. The molecule has 0 N–H and O–H groups in total. The molecule has 0 bridgehead atoms. The maximum Gasteiger partial charge on any atom is 0.232 e. The number of rotatable bonds is 2. The lowest BCUT2D eigenvalue weighted by atomic mass is 9.80. The lowest BCUT2D eigenvalue weighted by molar-refractivity contribution is -0.140. The first-order valence-corrected chi connectivity index (χ1v) is 7.25. The molecule has 19 heavy (non-hydrogen) atoms. The Bertz CT molecular complexity index is 355. The highest BCUT2D eigenvalue weighted by Gasteiger charge is 2.57. The van der Waals surface area contributed by atoms with Crippen molar-refractivity contribution in [3.05, 3.63) is 0 Å².